The third-order valence-electron chi connectivity index (χ3n) is 4.10. The van der Waals surface area contributed by atoms with E-state index in [1.165, 1.54) is 11.3 Å². The molecular formula is C21H22N2O3S. The van der Waals surface area contributed by atoms with Crippen molar-refractivity contribution >= 4 is 33.4 Å². The van der Waals surface area contributed by atoms with Crippen molar-refractivity contribution in [2.45, 2.75) is 32.8 Å². The Balaban J connectivity index is 1.49. The largest absolute Gasteiger partial charge is 0.457 e. The second kappa shape index (κ2) is 7.88. The number of carbonyl (C=O) groups excluding carboxylic acids is 2. The van der Waals surface area contributed by atoms with E-state index in [2.05, 4.69) is 31.1 Å². The van der Waals surface area contributed by atoms with Crippen molar-refractivity contribution in [3.05, 3.63) is 64.7 Å². The first-order chi connectivity index (χ1) is 12.8. The van der Waals surface area contributed by atoms with E-state index in [4.69, 9.17) is 4.74 Å². The highest BCUT2D eigenvalue weighted by Gasteiger charge is 2.15. The minimum absolute atomic E-state index is 0.0272. The fourth-order valence-corrected chi connectivity index (χ4v) is 3.43. The van der Waals surface area contributed by atoms with E-state index in [-0.39, 0.29) is 24.5 Å². The summed E-state index contributed by atoms with van der Waals surface area (Å²) in [6.07, 6.45) is 0. The lowest BCUT2D eigenvalue weighted by Gasteiger charge is -2.19. The lowest BCUT2D eigenvalue weighted by Crippen LogP contribution is -2.30. The van der Waals surface area contributed by atoms with Gasteiger partial charge in [-0.25, -0.2) is 4.98 Å². The van der Waals surface area contributed by atoms with Gasteiger partial charge in [-0.05, 0) is 35.2 Å². The molecule has 0 bridgehead atoms. The predicted molar refractivity (Wildman–Crippen MR) is 107 cm³/mol. The van der Waals surface area contributed by atoms with E-state index in [1.54, 1.807) is 12.1 Å². The number of rotatable bonds is 5. The Morgan fingerprint density at radius 2 is 1.78 bits per heavy atom. The van der Waals surface area contributed by atoms with E-state index in [0.29, 0.717) is 5.56 Å². The van der Waals surface area contributed by atoms with Crippen LogP contribution in [0.5, 0.6) is 0 Å². The maximum atomic E-state index is 12.2. The smallest absolute Gasteiger partial charge is 0.325 e. The first-order valence-electron chi connectivity index (χ1n) is 8.72. The quantitative estimate of drug-likeness (QED) is 0.676. The Labute approximate surface area is 162 Å². The average Bonchev–Trinajstić information content (AvgIpc) is 3.07. The minimum Gasteiger partial charge on any atom is -0.457 e. The number of carbonyl (C=O) groups is 2. The Bertz CT molecular complexity index is 922. The molecule has 0 aliphatic carbocycles. The number of thiazole rings is 1. The molecule has 1 N–H and O–H groups in total. The summed E-state index contributed by atoms with van der Waals surface area (Å²) in [5.74, 6) is -0.790. The van der Waals surface area contributed by atoms with Crippen LogP contribution in [0.3, 0.4) is 0 Å². The molecule has 140 valence electrons. The van der Waals surface area contributed by atoms with Gasteiger partial charge in [0.05, 0.1) is 10.2 Å². The molecule has 27 heavy (non-hydrogen) atoms. The van der Waals surface area contributed by atoms with Crippen molar-refractivity contribution in [1.29, 1.82) is 0 Å². The van der Waals surface area contributed by atoms with Crippen LogP contribution in [0.15, 0.2) is 48.5 Å². The summed E-state index contributed by atoms with van der Waals surface area (Å²) < 4.78 is 6.25. The molecule has 0 spiro atoms. The van der Waals surface area contributed by atoms with E-state index in [9.17, 15) is 9.59 Å². The molecule has 0 aliphatic heterocycles. The summed E-state index contributed by atoms with van der Waals surface area (Å²) in [6.45, 7) is 6.27. The molecule has 1 amide bonds. The number of nitrogens with zero attached hydrogens (tertiary/aromatic N) is 1. The monoisotopic (exact) mass is 382 g/mol. The van der Waals surface area contributed by atoms with Crippen molar-refractivity contribution in [2.75, 3.05) is 6.54 Å². The summed E-state index contributed by atoms with van der Waals surface area (Å²) >= 11 is 1.49. The lowest BCUT2D eigenvalue weighted by atomic mass is 9.87. The topological polar surface area (TPSA) is 68.3 Å². The standard InChI is InChI=1S/C21H22N2O3S/c1-21(2,3)15-10-8-14(9-11-15)20(25)22-12-19(24)26-13-18-23-16-6-4-5-7-17(16)27-18/h4-11H,12-13H2,1-3H3,(H,22,25). The number of para-hydroxylation sites is 1. The number of nitrogens with one attached hydrogen (secondary N) is 1. The number of hydrogen-bond acceptors (Lipinski definition) is 5. The number of ether oxygens (including phenoxy) is 1. The highest BCUT2D eigenvalue weighted by Crippen LogP contribution is 2.23. The van der Waals surface area contributed by atoms with Crippen LogP contribution in [0.2, 0.25) is 0 Å². The predicted octanol–water partition coefficient (Wildman–Crippen LogP) is 4.07. The highest BCUT2D eigenvalue weighted by atomic mass is 32.1. The van der Waals surface area contributed by atoms with Crippen LogP contribution in [0.25, 0.3) is 10.2 Å². The molecule has 0 saturated carbocycles. The molecule has 2 aromatic carbocycles. The molecule has 1 aromatic heterocycles. The third kappa shape index (κ3) is 4.92. The van der Waals surface area contributed by atoms with Gasteiger partial charge in [0.15, 0.2) is 0 Å². The molecular weight excluding hydrogens is 360 g/mol. The Hall–Kier alpha value is -2.73. The van der Waals surface area contributed by atoms with Crippen molar-refractivity contribution < 1.29 is 14.3 Å². The van der Waals surface area contributed by atoms with Gasteiger partial charge in [-0.3, -0.25) is 9.59 Å². The van der Waals surface area contributed by atoms with Gasteiger partial charge in [-0.2, -0.15) is 0 Å². The second-order valence-electron chi connectivity index (χ2n) is 7.25. The maximum absolute atomic E-state index is 12.2. The van der Waals surface area contributed by atoms with Crippen LogP contribution in [0.4, 0.5) is 0 Å². The van der Waals surface area contributed by atoms with E-state index >= 15 is 0 Å². The van der Waals surface area contributed by atoms with Gasteiger partial charge in [0, 0.05) is 5.56 Å². The zero-order chi connectivity index (χ0) is 19.4. The normalized spacial score (nSPS) is 11.4. The van der Waals surface area contributed by atoms with Crippen LogP contribution in [0, 0.1) is 0 Å². The molecule has 0 saturated heterocycles. The van der Waals surface area contributed by atoms with Crippen LogP contribution >= 0.6 is 11.3 Å². The van der Waals surface area contributed by atoms with Crippen LogP contribution in [-0.2, 0) is 21.6 Å². The number of fused-ring (bicyclic) bond motifs is 1. The maximum Gasteiger partial charge on any atom is 0.325 e. The summed E-state index contributed by atoms with van der Waals surface area (Å²) in [6, 6.07) is 15.2. The van der Waals surface area contributed by atoms with Crippen LogP contribution in [0.1, 0.15) is 41.7 Å². The number of amides is 1. The Morgan fingerprint density at radius 3 is 2.44 bits per heavy atom. The number of benzene rings is 2. The third-order valence-corrected chi connectivity index (χ3v) is 5.11. The lowest BCUT2D eigenvalue weighted by molar-refractivity contribution is -0.143. The van der Waals surface area contributed by atoms with Crippen molar-refractivity contribution in [1.82, 2.24) is 10.3 Å². The number of hydrogen-bond donors (Lipinski definition) is 1. The average molecular weight is 382 g/mol. The van der Waals surface area contributed by atoms with Gasteiger partial charge < -0.3 is 10.1 Å². The fraction of sp³-hybridized carbons (Fsp3) is 0.286. The molecule has 0 aliphatic rings. The molecule has 0 atom stereocenters. The van der Waals surface area contributed by atoms with Gasteiger partial charge in [0.1, 0.15) is 18.2 Å². The second-order valence-corrected chi connectivity index (χ2v) is 8.36. The van der Waals surface area contributed by atoms with Gasteiger partial charge in [-0.1, -0.05) is 45.0 Å². The van der Waals surface area contributed by atoms with Gasteiger partial charge in [0.25, 0.3) is 5.91 Å². The van der Waals surface area contributed by atoms with Crippen LogP contribution < -0.4 is 5.32 Å². The summed E-state index contributed by atoms with van der Waals surface area (Å²) in [4.78, 5) is 28.5. The first-order valence-corrected chi connectivity index (χ1v) is 9.53. The van der Waals surface area contributed by atoms with E-state index in [0.717, 1.165) is 20.8 Å². The van der Waals surface area contributed by atoms with Crippen LogP contribution in [-0.4, -0.2) is 23.4 Å². The Kier molecular flexibility index (Phi) is 5.56. The molecule has 1 heterocycles. The zero-order valence-corrected chi connectivity index (χ0v) is 16.4. The highest BCUT2D eigenvalue weighted by molar-refractivity contribution is 7.18. The van der Waals surface area contributed by atoms with Crippen molar-refractivity contribution in [2.24, 2.45) is 0 Å². The fourth-order valence-electron chi connectivity index (χ4n) is 2.55. The molecule has 0 unspecified atom stereocenters. The summed E-state index contributed by atoms with van der Waals surface area (Å²) in [5.41, 5.74) is 2.58. The summed E-state index contributed by atoms with van der Waals surface area (Å²) in [5, 5.41) is 3.32. The molecule has 0 fully saturated rings. The van der Waals surface area contributed by atoms with E-state index < -0.39 is 5.97 Å². The molecule has 6 heteroatoms. The van der Waals surface area contributed by atoms with Gasteiger partial charge in [0.2, 0.25) is 0 Å². The minimum atomic E-state index is -0.492. The molecule has 0 radical (unpaired) electrons. The van der Waals surface area contributed by atoms with Crippen molar-refractivity contribution in [3.63, 3.8) is 0 Å². The summed E-state index contributed by atoms with van der Waals surface area (Å²) in [7, 11) is 0. The zero-order valence-electron chi connectivity index (χ0n) is 15.6. The van der Waals surface area contributed by atoms with Gasteiger partial charge >= 0.3 is 5.97 Å². The Morgan fingerprint density at radius 1 is 1.07 bits per heavy atom. The van der Waals surface area contributed by atoms with E-state index in [1.807, 2.05) is 36.4 Å². The molecule has 3 rings (SSSR count). The first kappa shape index (κ1) is 19.0. The van der Waals surface area contributed by atoms with Crippen molar-refractivity contribution in [3.8, 4) is 0 Å². The molecule has 5 nitrogen and oxygen atoms in total. The number of aromatic nitrogens is 1. The SMILES string of the molecule is CC(C)(C)c1ccc(C(=O)NCC(=O)OCc2nc3ccccc3s2)cc1. The van der Waals surface area contributed by atoms with Gasteiger partial charge in [-0.15, -0.1) is 11.3 Å². The molecule has 3 aromatic rings. The number of esters is 1.